The molecule has 1 heterocycles. The van der Waals surface area contributed by atoms with Crippen LogP contribution in [0.2, 0.25) is 0 Å². The van der Waals surface area contributed by atoms with Gasteiger partial charge in [-0.25, -0.2) is 12.8 Å². The van der Waals surface area contributed by atoms with Crippen LogP contribution in [0, 0.1) is 23.1 Å². The van der Waals surface area contributed by atoms with Gasteiger partial charge in [-0.1, -0.05) is 25.5 Å². The number of amidine groups is 1. The van der Waals surface area contributed by atoms with Gasteiger partial charge in [0, 0.05) is 24.5 Å². The van der Waals surface area contributed by atoms with Crippen molar-refractivity contribution in [1.82, 2.24) is 14.9 Å². The Bertz CT molecular complexity index is 1530. The number of carbonyl (C=O) groups excluding carboxylic acids is 1. The molecule has 2 bridgehead atoms. The Balaban J connectivity index is 1.21. The van der Waals surface area contributed by atoms with Crippen LogP contribution in [0.25, 0.3) is 0 Å². The van der Waals surface area contributed by atoms with E-state index in [1.807, 2.05) is 6.92 Å². The summed E-state index contributed by atoms with van der Waals surface area (Å²) in [4.78, 5) is 17.8. The molecule has 4 fully saturated rings. The smallest absolute Gasteiger partial charge is 0.358 e. The molecule has 43 heavy (non-hydrogen) atoms. The monoisotopic (exact) mass is 620 g/mol. The van der Waals surface area contributed by atoms with E-state index in [2.05, 4.69) is 17.6 Å². The first kappa shape index (κ1) is 30.1. The van der Waals surface area contributed by atoms with Gasteiger partial charge in [-0.2, -0.15) is 17.5 Å². The highest BCUT2D eigenvalue weighted by atomic mass is 32.2. The van der Waals surface area contributed by atoms with Gasteiger partial charge in [-0.05, 0) is 92.3 Å². The summed E-state index contributed by atoms with van der Waals surface area (Å²) in [5, 5.41) is 6.45. The zero-order chi connectivity index (χ0) is 30.8. The van der Waals surface area contributed by atoms with Gasteiger partial charge in [-0.3, -0.25) is 9.79 Å². The molecular weight excluding hydrogens is 584 g/mol. The van der Waals surface area contributed by atoms with E-state index in [0.29, 0.717) is 37.2 Å². The standard InChI is InChI=1S/C31H36F4N4O3S/c1-28(12-3-13-28)18-37-27(40)29(2)19-36-26(38-29)25-16-30(14-21(25)15-30)39(43(41,42)24-10-8-23(32)9-11-24)17-20-4-6-22(7-5-20)31(33,34)35/h4-11,21,25H,3,12-19H2,1-2H3,(H,36,38)(H,37,40)/t21?,25-,29+,30?/m0/s1. The molecule has 5 aliphatic rings. The van der Waals surface area contributed by atoms with Crippen molar-refractivity contribution in [2.45, 2.75) is 81.1 Å². The summed E-state index contributed by atoms with van der Waals surface area (Å²) in [5.41, 5.74) is -1.93. The number of hydrogen-bond acceptors (Lipinski definition) is 5. The highest BCUT2D eigenvalue weighted by Gasteiger charge is 2.63. The second kappa shape index (κ2) is 10.3. The Kier molecular flexibility index (Phi) is 7.19. The maximum absolute atomic E-state index is 14.0. The highest BCUT2D eigenvalue weighted by molar-refractivity contribution is 7.89. The number of alkyl halides is 3. The molecule has 1 amide bonds. The number of rotatable bonds is 9. The van der Waals surface area contributed by atoms with Gasteiger partial charge in [-0.15, -0.1) is 0 Å². The lowest BCUT2D eigenvalue weighted by atomic mass is 9.70. The van der Waals surface area contributed by atoms with Crippen LogP contribution < -0.4 is 10.6 Å². The van der Waals surface area contributed by atoms with Crippen LogP contribution in [0.1, 0.15) is 63.5 Å². The second-order valence-electron chi connectivity index (χ2n) is 13.4. The summed E-state index contributed by atoms with van der Waals surface area (Å²) in [6.07, 6.45) is 0.421. The number of halogens is 4. The minimum Gasteiger partial charge on any atom is -0.358 e. The molecule has 0 unspecified atom stereocenters. The third-order valence-electron chi connectivity index (χ3n) is 10.0. The molecular formula is C31H36F4N4O3S. The zero-order valence-corrected chi connectivity index (χ0v) is 25.0. The minimum atomic E-state index is -4.51. The summed E-state index contributed by atoms with van der Waals surface area (Å²) in [6.45, 7) is 4.77. The van der Waals surface area contributed by atoms with Crippen LogP contribution in [0.15, 0.2) is 58.4 Å². The molecule has 0 radical (unpaired) electrons. The summed E-state index contributed by atoms with van der Waals surface area (Å²) in [7, 11) is -4.14. The normalized spacial score (nSPS) is 29.4. The van der Waals surface area contributed by atoms with Crippen LogP contribution in [0.3, 0.4) is 0 Å². The van der Waals surface area contributed by atoms with E-state index in [4.69, 9.17) is 4.99 Å². The summed E-state index contributed by atoms with van der Waals surface area (Å²) in [6, 6.07) is 9.07. The third-order valence-corrected chi connectivity index (χ3v) is 12.0. The summed E-state index contributed by atoms with van der Waals surface area (Å²) >= 11 is 0. The molecule has 0 aromatic heterocycles. The lowest BCUT2D eigenvalue weighted by molar-refractivity contribution is -0.137. The predicted octanol–water partition coefficient (Wildman–Crippen LogP) is 5.27. The summed E-state index contributed by atoms with van der Waals surface area (Å²) < 4.78 is 82.6. The third kappa shape index (κ3) is 5.45. The Labute approximate surface area is 249 Å². The largest absolute Gasteiger partial charge is 0.416 e. The average Bonchev–Trinajstić information content (AvgIpc) is 3.61. The average molecular weight is 621 g/mol. The molecule has 7 nitrogen and oxygen atoms in total. The zero-order valence-electron chi connectivity index (χ0n) is 24.2. The molecule has 0 saturated heterocycles. The van der Waals surface area contributed by atoms with E-state index in [9.17, 15) is 30.8 Å². The van der Waals surface area contributed by atoms with Crippen LogP contribution in [0.4, 0.5) is 17.6 Å². The quantitative estimate of drug-likeness (QED) is 0.374. The van der Waals surface area contributed by atoms with Crippen molar-refractivity contribution < 1.29 is 30.8 Å². The van der Waals surface area contributed by atoms with Gasteiger partial charge in [0.2, 0.25) is 15.9 Å². The summed E-state index contributed by atoms with van der Waals surface area (Å²) in [5.74, 6) is 0.0735. The Morgan fingerprint density at radius 3 is 2.28 bits per heavy atom. The number of benzene rings is 2. The van der Waals surface area contributed by atoms with Crippen molar-refractivity contribution in [2.24, 2.45) is 22.2 Å². The van der Waals surface area contributed by atoms with Gasteiger partial charge in [0.15, 0.2) is 0 Å². The number of sulfonamides is 1. The van der Waals surface area contributed by atoms with E-state index in [1.165, 1.54) is 35.0 Å². The molecule has 7 rings (SSSR count). The molecule has 2 aromatic rings. The first-order valence-electron chi connectivity index (χ1n) is 14.7. The lowest BCUT2D eigenvalue weighted by Crippen LogP contribution is -2.57. The van der Waals surface area contributed by atoms with Crippen LogP contribution >= 0.6 is 0 Å². The topological polar surface area (TPSA) is 90.9 Å². The first-order valence-corrected chi connectivity index (χ1v) is 16.1. The van der Waals surface area contributed by atoms with E-state index in [-0.39, 0.29) is 41.1 Å². The fourth-order valence-corrected chi connectivity index (χ4v) is 8.95. The Morgan fingerprint density at radius 1 is 1.05 bits per heavy atom. The lowest BCUT2D eigenvalue weighted by Gasteiger charge is -2.46. The van der Waals surface area contributed by atoms with Crippen LogP contribution in [-0.2, 0) is 27.5 Å². The minimum absolute atomic E-state index is 0.0807. The molecule has 12 heteroatoms. The molecule has 2 aromatic carbocycles. The number of hydrogen-bond donors (Lipinski definition) is 2. The fraction of sp³-hybridized carbons (Fsp3) is 0.548. The number of aliphatic imine (C=N–C) groups is 1. The number of amides is 1. The van der Waals surface area contributed by atoms with Crippen LogP contribution in [0.5, 0.6) is 0 Å². The van der Waals surface area contributed by atoms with Gasteiger partial charge >= 0.3 is 6.18 Å². The van der Waals surface area contributed by atoms with Crippen molar-refractivity contribution in [1.29, 1.82) is 0 Å². The predicted molar refractivity (Wildman–Crippen MR) is 153 cm³/mol. The Morgan fingerprint density at radius 2 is 1.70 bits per heavy atom. The molecule has 232 valence electrons. The number of nitrogens with one attached hydrogen (secondary N) is 2. The van der Waals surface area contributed by atoms with Crippen molar-refractivity contribution in [3.05, 3.63) is 65.5 Å². The molecule has 2 N–H and O–H groups in total. The highest BCUT2D eigenvalue weighted by Crippen LogP contribution is 2.60. The van der Waals surface area contributed by atoms with Gasteiger partial charge in [0.05, 0.1) is 17.0 Å². The molecule has 2 atom stereocenters. The van der Waals surface area contributed by atoms with Gasteiger partial charge in [0.1, 0.15) is 17.2 Å². The van der Waals surface area contributed by atoms with Crippen molar-refractivity contribution in [2.75, 3.05) is 13.1 Å². The molecule has 1 aliphatic heterocycles. The van der Waals surface area contributed by atoms with Gasteiger partial charge < -0.3 is 10.6 Å². The van der Waals surface area contributed by atoms with Crippen molar-refractivity contribution >= 4 is 21.8 Å². The Hall–Kier alpha value is -2.99. The molecule has 4 aliphatic carbocycles. The van der Waals surface area contributed by atoms with E-state index in [1.54, 1.807) is 0 Å². The number of fused-ring (bicyclic) bond motifs is 1. The maximum Gasteiger partial charge on any atom is 0.416 e. The fourth-order valence-electron chi connectivity index (χ4n) is 7.16. The molecule has 4 saturated carbocycles. The number of nitrogens with zero attached hydrogens (tertiary/aromatic N) is 2. The van der Waals surface area contributed by atoms with Crippen molar-refractivity contribution in [3.8, 4) is 0 Å². The van der Waals surface area contributed by atoms with E-state index < -0.39 is 38.7 Å². The second-order valence-corrected chi connectivity index (χ2v) is 15.2. The van der Waals surface area contributed by atoms with Gasteiger partial charge in [0.25, 0.3) is 0 Å². The SMILES string of the molecule is CC1(CNC(=O)[C@@]2(C)CN=C([C@H]3CC4(N(Cc5ccc(C(F)(F)F)cc5)S(=O)(=O)c5ccc(F)cc5)CC3C4)N2)CCC1. The van der Waals surface area contributed by atoms with Crippen LogP contribution in [-0.4, -0.2) is 48.6 Å². The van der Waals surface area contributed by atoms with E-state index in [0.717, 1.165) is 37.1 Å². The first-order chi connectivity index (χ1) is 20.1. The van der Waals surface area contributed by atoms with E-state index >= 15 is 0 Å². The van der Waals surface area contributed by atoms with Crippen molar-refractivity contribution in [3.63, 3.8) is 0 Å². The number of carbonyl (C=O) groups is 1. The molecule has 0 spiro atoms. The maximum atomic E-state index is 14.0.